The Balaban J connectivity index is 2.46. The monoisotopic (exact) mass is 224 g/mol. The van der Waals surface area contributed by atoms with Gasteiger partial charge in [0, 0.05) is 6.54 Å². The van der Waals surface area contributed by atoms with Gasteiger partial charge in [0.05, 0.1) is 13.1 Å². The molecule has 0 aliphatic heterocycles. The molecule has 3 nitrogen and oxygen atoms in total. The number of hydrogen-bond donors (Lipinski definition) is 1. The van der Waals surface area contributed by atoms with E-state index in [9.17, 15) is 0 Å². The van der Waals surface area contributed by atoms with Crippen LogP contribution in [0.5, 0.6) is 0 Å². The molecule has 0 radical (unpaired) electrons. The van der Waals surface area contributed by atoms with Gasteiger partial charge in [0.25, 0.3) is 0 Å². The maximum atomic E-state index is 5.71. The summed E-state index contributed by atoms with van der Waals surface area (Å²) in [5.74, 6) is 2.04. The largest absolute Gasteiger partial charge is 0.463 e. The van der Waals surface area contributed by atoms with Gasteiger partial charge in [-0.15, -0.1) is 0 Å². The molecule has 16 heavy (non-hydrogen) atoms. The molecule has 0 aliphatic carbocycles. The van der Waals surface area contributed by atoms with Crippen LogP contribution in [0.25, 0.3) is 0 Å². The number of nitrogens with one attached hydrogen (secondary N) is 1. The van der Waals surface area contributed by atoms with Crippen LogP contribution in [0.15, 0.2) is 16.5 Å². The lowest BCUT2D eigenvalue weighted by Crippen LogP contribution is -2.28. The van der Waals surface area contributed by atoms with Crippen LogP contribution in [0.4, 0.5) is 0 Å². The lowest BCUT2D eigenvalue weighted by Gasteiger charge is -2.25. The van der Waals surface area contributed by atoms with Gasteiger partial charge >= 0.3 is 0 Å². The van der Waals surface area contributed by atoms with Gasteiger partial charge in [0.1, 0.15) is 11.5 Å². The summed E-state index contributed by atoms with van der Waals surface area (Å²) in [6.07, 6.45) is 0. The van der Waals surface area contributed by atoms with Gasteiger partial charge in [-0.1, -0.05) is 20.8 Å². The summed E-state index contributed by atoms with van der Waals surface area (Å²) in [6.45, 7) is 9.48. The highest BCUT2D eigenvalue weighted by molar-refractivity contribution is 5.06. The molecule has 92 valence electrons. The molecule has 0 aromatic carbocycles. The fourth-order valence-electron chi connectivity index (χ4n) is 1.91. The SMILES string of the molecule is CNCc1ccc(CN(C)CC(C)(C)C)o1. The predicted octanol–water partition coefficient (Wildman–Crippen LogP) is 2.48. The van der Waals surface area contributed by atoms with E-state index in [1.807, 2.05) is 13.1 Å². The molecular weight excluding hydrogens is 200 g/mol. The van der Waals surface area contributed by atoms with Crippen molar-refractivity contribution in [3.63, 3.8) is 0 Å². The summed E-state index contributed by atoms with van der Waals surface area (Å²) in [5, 5.41) is 3.08. The summed E-state index contributed by atoms with van der Waals surface area (Å²) >= 11 is 0. The molecule has 0 spiro atoms. The van der Waals surface area contributed by atoms with Crippen molar-refractivity contribution >= 4 is 0 Å². The van der Waals surface area contributed by atoms with Crippen molar-refractivity contribution in [1.82, 2.24) is 10.2 Å². The molecule has 0 unspecified atom stereocenters. The predicted molar refractivity (Wildman–Crippen MR) is 67.3 cm³/mol. The first-order valence-electron chi connectivity index (χ1n) is 5.81. The minimum Gasteiger partial charge on any atom is -0.463 e. The van der Waals surface area contributed by atoms with E-state index in [2.05, 4.69) is 44.1 Å². The van der Waals surface area contributed by atoms with Crippen LogP contribution in [-0.4, -0.2) is 25.5 Å². The maximum Gasteiger partial charge on any atom is 0.118 e. The summed E-state index contributed by atoms with van der Waals surface area (Å²) in [5.41, 5.74) is 0.329. The average Bonchev–Trinajstić information content (AvgIpc) is 2.49. The highest BCUT2D eigenvalue weighted by Crippen LogP contribution is 2.16. The van der Waals surface area contributed by atoms with E-state index in [1.54, 1.807) is 0 Å². The summed E-state index contributed by atoms with van der Waals surface area (Å²) in [6, 6.07) is 4.10. The summed E-state index contributed by atoms with van der Waals surface area (Å²) in [4.78, 5) is 2.29. The second-order valence-electron chi connectivity index (χ2n) is 5.63. The van der Waals surface area contributed by atoms with Crippen LogP contribution in [0, 0.1) is 5.41 Å². The highest BCUT2D eigenvalue weighted by atomic mass is 16.3. The van der Waals surface area contributed by atoms with E-state index >= 15 is 0 Å². The molecule has 0 aliphatic rings. The standard InChI is InChI=1S/C13H24N2O/c1-13(2,3)10-15(5)9-12-7-6-11(16-12)8-14-4/h6-7,14H,8-10H2,1-5H3. The third kappa shape index (κ3) is 4.81. The van der Waals surface area contributed by atoms with Crippen LogP contribution in [-0.2, 0) is 13.1 Å². The van der Waals surface area contributed by atoms with Gasteiger partial charge in [-0.2, -0.15) is 0 Å². The molecule has 0 amide bonds. The first kappa shape index (κ1) is 13.3. The van der Waals surface area contributed by atoms with Crippen molar-refractivity contribution in [3.05, 3.63) is 23.7 Å². The Bertz CT molecular complexity index is 312. The van der Waals surface area contributed by atoms with Crippen molar-refractivity contribution in [2.24, 2.45) is 5.41 Å². The average molecular weight is 224 g/mol. The third-order valence-electron chi connectivity index (χ3n) is 2.24. The number of furan rings is 1. The number of hydrogen-bond acceptors (Lipinski definition) is 3. The minimum absolute atomic E-state index is 0.329. The van der Waals surface area contributed by atoms with E-state index < -0.39 is 0 Å². The van der Waals surface area contributed by atoms with Crippen LogP contribution < -0.4 is 5.32 Å². The van der Waals surface area contributed by atoms with Crippen molar-refractivity contribution in [2.45, 2.75) is 33.9 Å². The number of rotatable bonds is 5. The molecule has 0 atom stereocenters. The lowest BCUT2D eigenvalue weighted by molar-refractivity contribution is 0.206. The van der Waals surface area contributed by atoms with Crippen molar-refractivity contribution in [3.8, 4) is 0 Å². The van der Waals surface area contributed by atoms with E-state index in [0.29, 0.717) is 5.41 Å². The van der Waals surface area contributed by atoms with Gasteiger partial charge in [0.15, 0.2) is 0 Å². The molecule has 1 aromatic heterocycles. The zero-order valence-corrected chi connectivity index (χ0v) is 11.1. The maximum absolute atomic E-state index is 5.71. The molecule has 3 heteroatoms. The normalized spacial score (nSPS) is 12.4. The fourth-order valence-corrected chi connectivity index (χ4v) is 1.91. The smallest absolute Gasteiger partial charge is 0.118 e. The molecule has 1 heterocycles. The Labute approximate surface area is 98.8 Å². The van der Waals surface area contributed by atoms with Crippen molar-refractivity contribution < 1.29 is 4.42 Å². The van der Waals surface area contributed by atoms with Crippen molar-refractivity contribution in [1.29, 1.82) is 0 Å². The van der Waals surface area contributed by atoms with Gasteiger partial charge < -0.3 is 9.73 Å². The van der Waals surface area contributed by atoms with Crippen LogP contribution in [0.3, 0.4) is 0 Å². The van der Waals surface area contributed by atoms with Crippen LogP contribution in [0.1, 0.15) is 32.3 Å². The Kier molecular flexibility index (Phi) is 4.56. The molecule has 0 saturated carbocycles. The van der Waals surface area contributed by atoms with Crippen molar-refractivity contribution in [2.75, 3.05) is 20.6 Å². The van der Waals surface area contributed by atoms with E-state index in [4.69, 9.17) is 4.42 Å². The van der Waals surface area contributed by atoms with Gasteiger partial charge in [-0.05, 0) is 31.6 Å². The molecule has 1 rings (SSSR count). The number of nitrogens with zero attached hydrogens (tertiary/aromatic N) is 1. The van der Waals surface area contributed by atoms with Gasteiger partial charge in [-0.25, -0.2) is 0 Å². The first-order chi connectivity index (χ1) is 7.40. The van der Waals surface area contributed by atoms with E-state index in [-0.39, 0.29) is 0 Å². The van der Waals surface area contributed by atoms with E-state index in [1.165, 1.54) is 0 Å². The molecule has 0 bridgehead atoms. The molecule has 0 saturated heterocycles. The molecule has 1 aromatic rings. The third-order valence-corrected chi connectivity index (χ3v) is 2.24. The first-order valence-corrected chi connectivity index (χ1v) is 5.81. The zero-order valence-electron chi connectivity index (χ0n) is 11.1. The fraction of sp³-hybridized carbons (Fsp3) is 0.692. The van der Waals surface area contributed by atoms with Gasteiger partial charge in [-0.3, -0.25) is 4.90 Å². The quantitative estimate of drug-likeness (QED) is 0.833. The second kappa shape index (κ2) is 5.51. The Morgan fingerprint density at radius 1 is 1.25 bits per heavy atom. The van der Waals surface area contributed by atoms with Crippen LogP contribution >= 0.6 is 0 Å². The zero-order chi connectivity index (χ0) is 12.2. The second-order valence-corrected chi connectivity index (χ2v) is 5.63. The highest BCUT2D eigenvalue weighted by Gasteiger charge is 2.14. The molecule has 0 fully saturated rings. The Hall–Kier alpha value is -0.800. The Morgan fingerprint density at radius 2 is 1.88 bits per heavy atom. The Morgan fingerprint density at radius 3 is 2.44 bits per heavy atom. The van der Waals surface area contributed by atoms with E-state index in [0.717, 1.165) is 31.2 Å². The molecule has 1 N–H and O–H groups in total. The van der Waals surface area contributed by atoms with Crippen LogP contribution in [0.2, 0.25) is 0 Å². The summed E-state index contributed by atoms with van der Waals surface area (Å²) < 4.78 is 5.71. The lowest BCUT2D eigenvalue weighted by atomic mass is 9.96. The van der Waals surface area contributed by atoms with Gasteiger partial charge in [0.2, 0.25) is 0 Å². The molecular formula is C13H24N2O. The minimum atomic E-state index is 0.329. The topological polar surface area (TPSA) is 28.4 Å². The summed E-state index contributed by atoms with van der Waals surface area (Å²) in [7, 11) is 4.05.